The van der Waals surface area contributed by atoms with Crippen LogP contribution < -0.4 is 10.5 Å². The lowest BCUT2D eigenvalue weighted by molar-refractivity contribution is 0.462. The van der Waals surface area contributed by atoms with Gasteiger partial charge in [0.1, 0.15) is 9.23 Å². The van der Waals surface area contributed by atoms with E-state index in [2.05, 4.69) is 4.72 Å². The average molecular weight is 340 g/mol. The van der Waals surface area contributed by atoms with Gasteiger partial charge in [0.2, 0.25) is 10.0 Å². The minimum Gasteiger partial charge on any atom is -0.329 e. The van der Waals surface area contributed by atoms with Crippen LogP contribution >= 0.6 is 46.9 Å². The highest BCUT2D eigenvalue weighted by atomic mass is 35.5. The number of nitrogens with two attached hydrogens (primary N) is 1. The molecule has 0 amide bonds. The number of sulfonamides is 1. The van der Waals surface area contributed by atoms with Crippen molar-refractivity contribution >= 4 is 57.0 Å². The van der Waals surface area contributed by atoms with Gasteiger partial charge in [-0.3, -0.25) is 0 Å². The Labute approximate surface area is 121 Å². The van der Waals surface area contributed by atoms with E-state index in [4.69, 9.17) is 28.9 Å². The molecule has 0 fully saturated rings. The lowest BCUT2D eigenvalue weighted by atomic mass is 10.1. The first kappa shape index (κ1) is 17.4. The Hall–Kier alpha value is 0.440. The Balaban J connectivity index is 0.00000256. The third-order valence-electron chi connectivity index (χ3n) is 1.84. The third-order valence-corrected chi connectivity index (χ3v) is 5.29. The molecule has 1 aromatic heterocycles. The lowest BCUT2D eigenvalue weighted by Gasteiger charge is -2.23. The van der Waals surface area contributed by atoms with Crippen LogP contribution in [-0.2, 0) is 10.0 Å². The highest BCUT2D eigenvalue weighted by Gasteiger charge is 2.27. The maximum Gasteiger partial charge on any atom is 0.243 e. The van der Waals surface area contributed by atoms with Gasteiger partial charge in [-0.1, -0.05) is 23.2 Å². The van der Waals surface area contributed by atoms with Gasteiger partial charge in [0.05, 0.1) is 4.34 Å². The predicted octanol–water partition coefficient (Wildman–Crippen LogP) is 2.49. The standard InChI is InChI=1S/C8H12Cl2N2O2S2.ClH/c1-8(2,4-11)12-16(13,14)5-3-6(9)15-7(5)10;/h3,12H,4,11H2,1-2H3;1H. The fourth-order valence-electron chi connectivity index (χ4n) is 0.969. The molecule has 0 atom stereocenters. The zero-order chi connectivity index (χ0) is 12.6. The van der Waals surface area contributed by atoms with Gasteiger partial charge in [0, 0.05) is 12.1 Å². The van der Waals surface area contributed by atoms with Gasteiger partial charge >= 0.3 is 0 Å². The number of thiophene rings is 1. The number of hydrogen-bond acceptors (Lipinski definition) is 4. The van der Waals surface area contributed by atoms with E-state index in [1.54, 1.807) is 13.8 Å². The van der Waals surface area contributed by atoms with Crippen LogP contribution in [0.5, 0.6) is 0 Å². The minimum absolute atomic E-state index is 0. The van der Waals surface area contributed by atoms with Crippen LogP contribution in [0.15, 0.2) is 11.0 Å². The van der Waals surface area contributed by atoms with Crippen LogP contribution in [0.4, 0.5) is 0 Å². The highest BCUT2D eigenvalue weighted by molar-refractivity contribution is 7.89. The maximum atomic E-state index is 11.9. The summed E-state index contributed by atoms with van der Waals surface area (Å²) in [6, 6.07) is 1.32. The molecule has 0 saturated carbocycles. The van der Waals surface area contributed by atoms with Crippen molar-refractivity contribution in [2.24, 2.45) is 5.73 Å². The second-order valence-electron chi connectivity index (χ2n) is 3.88. The molecule has 0 aliphatic heterocycles. The quantitative estimate of drug-likeness (QED) is 0.885. The van der Waals surface area contributed by atoms with Crippen molar-refractivity contribution in [3.63, 3.8) is 0 Å². The van der Waals surface area contributed by atoms with Crippen molar-refractivity contribution < 1.29 is 8.42 Å². The molecule has 0 unspecified atom stereocenters. The van der Waals surface area contributed by atoms with Gasteiger partial charge in [-0.05, 0) is 19.9 Å². The molecule has 100 valence electrons. The molecule has 1 rings (SSSR count). The first-order chi connectivity index (χ1) is 7.18. The Morgan fingerprint density at radius 3 is 2.35 bits per heavy atom. The molecule has 0 aromatic carbocycles. The topological polar surface area (TPSA) is 72.2 Å². The molecule has 0 saturated heterocycles. The summed E-state index contributed by atoms with van der Waals surface area (Å²) in [5.41, 5.74) is 4.73. The molecule has 1 heterocycles. The Morgan fingerprint density at radius 1 is 1.47 bits per heavy atom. The van der Waals surface area contributed by atoms with Gasteiger partial charge in [-0.2, -0.15) is 0 Å². The first-order valence-corrected chi connectivity index (χ1v) is 7.42. The molecule has 4 nitrogen and oxygen atoms in total. The minimum atomic E-state index is -3.68. The van der Waals surface area contributed by atoms with Gasteiger partial charge in [0.15, 0.2) is 0 Å². The van der Waals surface area contributed by atoms with Gasteiger partial charge in [0.25, 0.3) is 0 Å². The molecule has 3 N–H and O–H groups in total. The molecule has 0 bridgehead atoms. The van der Waals surface area contributed by atoms with Crippen LogP contribution in [0.25, 0.3) is 0 Å². The van der Waals surface area contributed by atoms with Crippen LogP contribution in [0, 0.1) is 0 Å². The van der Waals surface area contributed by atoms with Crippen LogP contribution in [0.1, 0.15) is 13.8 Å². The number of nitrogens with one attached hydrogen (secondary N) is 1. The third kappa shape index (κ3) is 4.55. The molecular formula is C8H13Cl3N2O2S2. The van der Waals surface area contributed by atoms with Crippen molar-refractivity contribution in [3.05, 3.63) is 14.7 Å². The van der Waals surface area contributed by atoms with E-state index >= 15 is 0 Å². The zero-order valence-corrected chi connectivity index (χ0v) is 13.1. The maximum absolute atomic E-state index is 11.9. The Kier molecular flexibility index (Phi) is 6.21. The van der Waals surface area contributed by atoms with E-state index < -0.39 is 15.6 Å². The largest absolute Gasteiger partial charge is 0.329 e. The van der Waals surface area contributed by atoms with E-state index in [9.17, 15) is 8.42 Å². The molecule has 0 radical (unpaired) electrons. The van der Waals surface area contributed by atoms with Gasteiger partial charge in [-0.25, -0.2) is 13.1 Å². The van der Waals surface area contributed by atoms with Gasteiger partial charge in [-0.15, -0.1) is 23.7 Å². The summed E-state index contributed by atoms with van der Waals surface area (Å²) >= 11 is 12.5. The summed E-state index contributed by atoms with van der Waals surface area (Å²) in [6.45, 7) is 3.56. The fraction of sp³-hybridized carbons (Fsp3) is 0.500. The van der Waals surface area contributed by atoms with Crippen molar-refractivity contribution in [1.29, 1.82) is 0 Å². The van der Waals surface area contributed by atoms with E-state index in [-0.39, 0.29) is 28.2 Å². The summed E-state index contributed by atoms with van der Waals surface area (Å²) in [7, 11) is -3.68. The predicted molar refractivity (Wildman–Crippen MR) is 75.0 cm³/mol. The molecule has 9 heteroatoms. The molecule has 0 aliphatic carbocycles. The summed E-state index contributed by atoms with van der Waals surface area (Å²) in [4.78, 5) is -0.00862. The van der Waals surface area contributed by atoms with E-state index in [1.807, 2.05) is 0 Å². The second-order valence-corrected chi connectivity index (χ2v) is 7.82. The van der Waals surface area contributed by atoms with Crippen molar-refractivity contribution in [2.45, 2.75) is 24.3 Å². The second kappa shape index (κ2) is 6.06. The van der Waals surface area contributed by atoms with E-state index in [1.165, 1.54) is 6.07 Å². The van der Waals surface area contributed by atoms with Crippen LogP contribution in [0.2, 0.25) is 8.67 Å². The smallest absolute Gasteiger partial charge is 0.243 e. The summed E-state index contributed by atoms with van der Waals surface area (Å²) in [6.07, 6.45) is 0. The average Bonchev–Trinajstić information content (AvgIpc) is 2.44. The summed E-state index contributed by atoms with van der Waals surface area (Å²) in [5, 5.41) is 0. The van der Waals surface area contributed by atoms with Crippen molar-refractivity contribution in [2.75, 3.05) is 6.54 Å². The normalized spacial score (nSPS) is 12.3. The lowest BCUT2D eigenvalue weighted by Crippen LogP contribution is -2.48. The fourth-order valence-corrected chi connectivity index (χ4v) is 4.54. The van der Waals surface area contributed by atoms with Crippen LogP contribution in [0.3, 0.4) is 0 Å². The van der Waals surface area contributed by atoms with Crippen LogP contribution in [-0.4, -0.2) is 20.5 Å². The van der Waals surface area contributed by atoms with Crippen molar-refractivity contribution in [1.82, 2.24) is 4.72 Å². The van der Waals surface area contributed by atoms with Crippen molar-refractivity contribution in [3.8, 4) is 0 Å². The van der Waals surface area contributed by atoms with E-state index in [0.29, 0.717) is 4.34 Å². The number of rotatable bonds is 4. The van der Waals surface area contributed by atoms with E-state index in [0.717, 1.165) is 11.3 Å². The zero-order valence-electron chi connectivity index (χ0n) is 9.16. The Morgan fingerprint density at radius 2 is 2.00 bits per heavy atom. The molecule has 0 aliphatic rings. The summed E-state index contributed by atoms with van der Waals surface area (Å²) < 4.78 is 26.8. The molecule has 1 aromatic rings. The Bertz CT molecular complexity index is 485. The number of hydrogen-bond donors (Lipinski definition) is 2. The SMILES string of the molecule is CC(C)(CN)NS(=O)(=O)c1cc(Cl)sc1Cl.Cl. The first-order valence-electron chi connectivity index (χ1n) is 4.37. The molecule has 0 spiro atoms. The molecular weight excluding hydrogens is 327 g/mol. The molecule has 17 heavy (non-hydrogen) atoms. The monoisotopic (exact) mass is 338 g/mol. The van der Waals surface area contributed by atoms with Gasteiger partial charge < -0.3 is 5.73 Å². The summed E-state index contributed by atoms with van der Waals surface area (Å²) in [5.74, 6) is 0. The highest BCUT2D eigenvalue weighted by Crippen LogP contribution is 2.34. The number of halogens is 3.